The van der Waals surface area contributed by atoms with Gasteiger partial charge in [-0.05, 0) is 43.4 Å². The largest absolute Gasteiger partial charge is 0.314 e. The Labute approximate surface area is 146 Å². The summed E-state index contributed by atoms with van der Waals surface area (Å²) in [6.07, 6.45) is 2.72. The molecular weight excluding hydrogens is 292 g/mol. The van der Waals surface area contributed by atoms with Crippen molar-refractivity contribution in [1.29, 1.82) is 0 Å². The van der Waals surface area contributed by atoms with Gasteiger partial charge in [0, 0.05) is 25.2 Å². The van der Waals surface area contributed by atoms with Gasteiger partial charge in [0.25, 0.3) is 0 Å². The lowest BCUT2D eigenvalue weighted by Gasteiger charge is -2.33. The second-order valence-electron chi connectivity index (χ2n) is 7.28. The highest BCUT2D eigenvalue weighted by atomic mass is 15.2. The zero-order valence-electron chi connectivity index (χ0n) is 15.0. The van der Waals surface area contributed by atoms with Crippen LogP contribution in [0, 0.1) is 5.92 Å². The van der Waals surface area contributed by atoms with Crippen LogP contribution in [-0.2, 0) is 13.1 Å². The summed E-state index contributed by atoms with van der Waals surface area (Å²) in [6.45, 7) is 7.88. The van der Waals surface area contributed by atoms with E-state index in [1.165, 1.54) is 24.0 Å². The molecule has 0 saturated heterocycles. The Hall–Kier alpha value is -1.64. The molecule has 2 nitrogen and oxygen atoms in total. The van der Waals surface area contributed by atoms with Crippen LogP contribution in [0.25, 0.3) is 0 Å². The van der Waals surface area contributed by atoms with Gasteiger partial charge in [-0.3, -0.25) is 4.90 Å². The lowest BCUT2D eigenvalue weighted by molar-refractivity contribution is 0.143. The molecule has 0 heterocycles. The van der Waals surface area contributed by atoms with Crippen molar-refractivity contribution in [1.82, 2.24) is 10.2 Å². The molecule has 1 saturated carbocycles. The Morgan fingerprint density at radius 1 is 0.875 bits per heavy atom. The predicted molar refractivity (Wildman–Crippen MR) is 102 cm³/mol. The molecule has 2 unspecified atom stereocenters. The summed E-state index contributed by atoms with van der Waals surface area (Å²) in [7, 11) is 0. The number of nitrogens with zero attached hydrogens (tertiary/aromatic N) is 1. The second-order valence-corrected chi connectivity index (χ2v) is 7.28. The van der Waals surface area contributed by atoms with Crippen LogP contribution in [0.5, 0.6) is 0 Å². The Morgan fingerprint density at radius 3 is 1.83 bits per heavy atom. The Balaban J connectivity index is 1.67. The van der Waals surface area contributed by atoms with E-state index in [9.17, 15) is 0 Å². The maximum atomic E-state index is 3.69. The second kappa shape index (κ2) is 8.46. The van der Waals surface area contributed by atoms with Gasteiger partial charge in [0.1, 0.15) is 0 Å². The molecule has 0 spiro atoms. The molecule has 0 bridgehead atoms. The fourth-order valence-electron chi connectivity index (χ4n) is 3.15. The van der Waals surface area contributed by atoms with Gasteiger partial charge in [0.2, 0.25) is 0 Å². The van der Waals surface area contributed by atoms with E-state index in [1.54, 1.807) is 0 Å². The number of nitrogens with one attached hydrogen (secondary N) is 1. The van der Waals surface area contributed by atoms with Crippen molar-refractivity contribution in [3.8, 4) is 0 Å². The van der Waals surface area contributed by atoms with E-state index in [2.05, 4.69) is 84.7 Å². The van der Waals surface area contributed by atoms with E-state index in [0.29, 0.717) is 12.0 Å². The smallest absolute Gasteiger partial charge is 0.0240 e. The van der Waals surface area contributed by atoms with E-state index in [1.807, 2.05) is 0 Å². The van der Waals surface area contributed by atoms with Crippen LogP contribution in [-0.4, -0.2) is 23.5 Å². The van der Waals surface area contributed by atoms with E-state index >= 15 is 0 Å². The molecule has 2 aromatic carbocycles. The van der Waals surface area contributed by atoms with Crippen molar-refractivity contribution < 1.29 is 0 Å². The van der Waals surface area contributed by atoms with E-state index in [4.69, 9.17) is 0 Å². The Morgan fingerprint density at radius 2 is 1.38 bits per heavy atom. The van der Waals surface area contributed by atoms with Gasteiger partial charge in [0.15, 0.2) is 0 Å². The summed E-state index contributed by atoms with van der Waals surface area (Å²) in [5.74, 6) is 0.637. The maximum Gasteiger partial charge on any atom is 0.0240 e. The van der Waals surface area contributed by atoms with Crippen LogP contribution in [0.15, 0.2) is 60.7 Å². The summed E-state index contributed by atoms with van der Waals surface area (Å²) in [4.78, 5) is 2.61. The van der Waals surface area contributed by atoms with Crippen LogP contribution in [0.1, 0.15) is 37.8 Å². The SMILES string of the molecule is CC(CNC1CC1)C(C)N(Cc1ccccc1)Cc1ccccc1. The summed E-state index contributed by atoms with van der Waals surface area (Å²) >= 11 is 0. The van der Waals surface area contributed by atoms with Gasteiger partial charge >= 0.3 is 0 Å². The lowest BCUT2D eigenvalue weighted by atomic mass is 10.00. The third kappa shape index (κ3) is 5.19. The minimum atomic E-state index is 0.539. The van der Waals surface area contributed by atoms with Gasteiger partial charge in [-0.15, -0.1) is 0 Å². The Kier molecular flexibility index (Phi) is 6.06. The molecular formula is C22H30N2. The van der Waals surface area contributed by atoms with Gasteiger partial charge in [-0.2, -0.15) is 0 Å². The highest BCUT2D eigenvalue weighted by Gasteiger charge is 2.25. The molecule has 2 aromatic rings. The monoisotopic (exact) mass is 322 g/mol. The van der Waals surface area contributed by atoms with E-state index in [-0.39, 0.29) is 0 Å². The molecule has 0 amide bonds. The molecule has 1 fully saturated rings. The van der Waals surface area contributed by atoms with Crippen LogP contribution < -0.4 is 5.32 Å². The van der Waals surface area contributed by atoms with Crippen LogP contribution in [0.3, 0.4) is 0 Å². The third-order valence-corrected chi connectivity index (χ3v) is 5.16. The van der Waals surface area contributed by atoms with Crippen molar-refractivity contribution >= 4 is 0 Å². The average Bonchev–Trinajstić information content (AvgIpc) is 3.45. The predicted octanol–water partition coefficient (Wildman–Crippen LogP) is 4.47. The van der Waals surface area contributed by atoms with Crippen molar-refractivity contribution in [3.63, 3.8) is 0 Å². The molecule has 2 atom stereocenters. The third-order valence-electron chi connectivity index (χ3n) is 5.16. The first kappa shape index (κ1) is 17.2. The quantitative estimate of drug-likeness (QED) is 0.733. The van der Waals surface area contributed by atoms with Crippen LogP contribution in [0.2, 0.25) is 0 Å². The van der Waals surface area contributed by atoms with Crippen molar-refractivity contribution in [2.75, 3.05) is 6.54 Å². The van der Waals surface area contributed by atoms with Crippen LogP contribution >= 0.6 is 0 Å². The first-order valence-corrected chi connectivity index (χ1v) is 9.27. The number of rotatable bonds is 9. The van der Waals surface area contributed by atoms with Gasteiger partial charge in [-0.1, -0.05) is 67.6 Å². The number of benzene rings is 2. The molecule has 0 aromatic heterocycles. The van der Waals surface area contributed by atoms with Crippen molar-refractivity contribution in [2.24, 2.45) is 5.92 Å². The average molecular weight is 322 g/mol. The molecule has 1 N–H and O–H groups in total. The van der Waals surface area contributed by atoms with Crippen molar-refractivity contribution in [3.05, 3.63) is 71.8 Å². The summed E-state index contributed by atoms with van der Waals surface area (Å²) < 4.78 is 0. The normalized spacial score (nSPS) is 17.0. The topological polar surface area (TPSA) is 15.3 Å². The minimum Gasteiger partial charge on any atom is -0.314 e. The fraction of sp³-hybridized carbons (Fsp3) is 0.455. The standard InChI is InChI=1S/C22H30N2/c1-18(15-23-22-13-14-22)19(2)24(16-20-9-5-3-6-10-20)17-21-11-7-4-8-12-21/h3-12,18-19,22-23H,13-17H2,1-2H3. The molecule has 1 aliphatic carbocycles. The zero-order chi connectivity index (χ0) is 16.8. The zero-order valence-corrected chi connectivity index (χ0v) is 15.0. The lowest BCUT2D eigenvalue weighted by Crippen LogP contribution is -2.41. The van der Waals surface area contributed by atoms with E-state index in [0.717, 1.165) is 25.7 Å². The molecule has 24 heavy (non-hydrogen) atoms. The summed E-state index contributed by atoms with van der Waals surface area (Å²) in [6, 6.07) is 23.0. The summed E-state index contributed by atoms with van der Waals surface area (Å²) in [5.41, 5.74) is 2.78. The van der Waals surface area contributed by atoms with Crippen molar-refractivity contribution in [2.45, 2.75) is 51.9 Å². The molecule has 2 heteroatoms. The highest BCUT2D eigenvalue weighted by molar-refractivity contribution is 5.17. The van der Waals surface area contributed by atoms with Gasteiger partial charge in [-0.25, -0.2) is 0 Å². The minimum absolute atomic E-state index is 0.539. The molecule has 3 rings (SSSR count). The number of hydrogen-bond acceptors (Lipinski definition) is 2. The number of hydrogen-bond donors (Lipinski definition) is 1. The molecule has 0 aliphatic heterocycles. The first-order valence-electron chi connectivity index (χ1n) is 9.27. The Bertz CT molecular complexity index is 550. The molecule has 128 valence electrons. The van der Waals surface area contributed by atoms with Gasteiger partial charge < -0.3 is 5.32 Å². The molecule has 1 aliphatic rings. The molecule has 0 radical (unpaired) electrons. The first-order chi connectivity index (χ1) is 11.7. The van der Waals surface area contributed by atoms with Crippen LogP contribution in [0.4, 0.5) is 0 Å². The maximum absolute atomic E-state index is 3.69. The van der Waals surface area contributed by atoms with E-state index < -0.39 is 0 Å². The fourth-order valence-corrected chi connectivity index (χ4v) is 3.15. The van der Waals surface area contributed by atoms with Gasteiger partial charge in [0.05, 0.1) is 0 Å². The summed E-state index contributed by atoms with van der Waals surface area (Å²) in [5, 5.41) is 3.69. The highest BCUT2D eigenvalue weighted by Crippen LogP contribution is 2.21.